The number of nitrogens with zero attached hydrogens (tertiary/aromatic N) is 2. The molecule has 4 heteroatoms. The van der Waals surface area contributed by atoms with Crippen molar-refractivity contribution in [3.05, 3.63) is 65.5 Å². The zero-order chi connectivity index (χ0) is 16.4. The Balaban J connectivity index is 1.25. The molecule has 0 amide bonds. The largest absolute Gasteiger partial charge is 0.371 e. The lowest BCUT2D eigenvalue weighted by Gasteiger charge is -2.47. The Morgan fingerprint density at radius 3 is 2.83 bits per heavy atom. The molecule has 3 heterocycles. The molecule has 126 valence electrons. The van der Waals surface area contributed by atoms with Crippen molar-refractivity contribution >= 4 is 11.8 Å². The topological polar surface area (TPSA) is 25.4 Å². The van der Waals surface area contributed by atoms with Crippen molar-refractivity contribution in [2.24, 2.45) is 0 Å². The van der Waals surface area contributed by atoms with E-state index in [1.165, 1.54) is 30.6 Å². The third-order valence-electron chi connectivity index (χ3n) is 5.05. The van der Waals surface area contributed by atoms with Crippen molar-refractivity contribution in [1.29, 1.82) is 0 Å². The number of rotatable bonds is 5. The average molecular weight is 340 g/mol. The normalized spacial score (nSPS) is 22.6. The second-order valence-electron chi connectivity index (χ2n) is 7.02. The van der Waals surface area contributed by atoms with Gasteiger partial charge in [-0.25, -0.2) is 0 Å². The number of ether oxygens (including phenoxy) is 1. The fraction of sp³-hybridized carbons (Fsp3) is 0.450. The number of hydrogen-bond donors (Lipinski definition) is 0. The molecule has 2 aliphatic heterocycles. The van der Waals surface area contributed by atoms with Crippen LogP contribution in [0.4, 0.5) is 0 Å². The van der Waals surface area contributed by atoms with Gasteiger partial charge in [0.15, 0.2) is 0 Å². The van der Waals surface area contributed by atoms with Gasteiger partial charge in [-0.2, -0.15) is 0 Å². The van der Waals surface area contributed by atoms with Gasteiger partial charge in [0.05, 0.1) is 18.4 Å². The summed E-state index contributed by atoms with van der Waals surface area (Å²) >= 11 is 2.11. The highest BCUT2D eigenvalue weighted by atomic mass is 32.2. The summed E-state index contributed by atoms with van der Waals surface area (Å²) in [5.74, 6) is 1.12. The lowest BCUT2D eigenvalue weighted by molar-refractivity contribution is 0.0250. The minimum Gasteiger partial charge on any atom is -0.371 e. The fourth-order valence-corrected chi connectivity index (χ4v) is 5.33. The van der Waals surface area contributed by atoms with Gasteiger partial charge in [-0.1, -0.05) is 30.3 Å². The summed E-state index contributed by atoms with van der Waals surface area (Å²) < 4.78 is 6.52. The molecule has 3 nitrogen and oxygen atoms in total. The molecule has 4 rings (SSSR count). The Hall–Kier alpha value is -1.36. The molecule has 1 aromatic carbocycles. The van der Waals surface area contributed by atoms with Crippen LogP contribution in [0.15, 0.2) is 48.7 Å². The molecule has 0 radical (unpaired) electrons. The highest BCUT2D eigenvalue weighted by Crippen LogP contribution is 2.46. The molecule has 2 saturated heterocycles. The van der Waals surface area contributed by atoms with E-state index in [0.717, 1.165) is 18.0 Å². The van der Waals surface area contributed by atoms with Crippen LogP contribution in [0, 0.1) is 6.92 Å². The van der Waals surface area contributed by atoms with Crippen molar-refractivity contribution in [3.63, 3.8) is 0 Å². The van der Waals surface area contributed by atoms with Crippen molar-refractivity contribution in [3.8, 4) is 0 Å². The molecular formula is C20H24N2OS. The summed E-state index contributed by atoms with van der Waals surface area (Å²) in [6.07, 6.45) is 3.38. The molecule has 0 unspecified atom stereocenters. The summed E-state index contributed by atoms with van der Waals surface area (Å²) in [4.78, 5) is 6.90. The van der Waals surface area contributed by atoms with Gasteiger partial charge in [-0.3, -0.25) is 9.88 Å². The first-order valence-corrected chi connectivity index (χ1v) is 9.63. The third-order valence-corrected chi connectivity index (χ3v) is 6.62. The zero-order valence-electron chi connectivity index (χ0n) is 14.1. The minimum absolute atomic E-state index is 0.373. The van der Waals surface area contributed by atoms with Gasteiger partial charge >= 0.3 is 0 Å². The van der Waals surface area contributed by atoms with Crippen molar-refractivity contribution < 1.29 is 4.74 Å². The summed E-state index contributed by atoms with van der Waals surface area (Å²) in [5.41, 5.74) is 3.88. The van der Waals surface area contributed by atoms with E-state index < -0.39 is 0 Å². The Bertz CT molecular complexity index is 685. The van der Waals surface area contributed by atoms with E-state index in [-0.39, 0.29) is 0 Å². The molecule has 2 aliphatic rings. The van der Waals surface area contributed by atoms with E-state index >= 15 is 0 Å². The first-order chi connectivity index (χ1) is 11.7. The first kappa shape index (κ1) is 16.1. The zero-order valence-corrected chi connectivity index (χ0v) is 15.0. The Labute approximate surface area is 148 Å². The number of benzene rings is 1. The second kappa shape index (κ2) is 6.87. The van der Waals surface area contributed by atoms with Gasteiger partial charge in [-0.15, -0.1) is 11.8 Å². The fourth-order valence-electron chi connectivity index (χ4n) is 3.73. The van der Waals surface area contributed by atoms with Crippen LogP contribution in [0.25, 0.3) is 0 Å². The monoisotopic (exact) mass is 340 g/mol. The standard InChI is InChI=1S/C20H24N2OS/c1-16-6-2-3-7-17(16)11-22-14-20(15-22)10-19(13-24-20)23-12-18-8-4-5-9-21-18/h2-9,19H,10-15H2,1H3/t19-/m1/s1. The predicted molar refractivity (Wildman–Crippen MR) is 99.1 cm³/mol. The van der Waals surface area contributed by atoms with Crippen molar-refractivity contribution in [2.75, 3.05) is 18.8 Å². The van der Waals surface area contributed by atoms with Gasteiger partial charge in [0, 0.05) is 36.3 Å². The van der Waals surface area contributed by atoms with Crippen molar-refractivity contribution in [2.45, 2.75) is 37.3 Å². The molecule has 0 saturated carbocycles. The summed E-state index contributed by atoms with van der Waals surface area (Å²) in [6, 6.07) is 14.7. The van der Waals surface area contributed by atoms with E-state index in [2.05, 4.69) is 52.8 Å². The van der Waals surface area contributed by atoms with E-state index in [1.54, 1.807) is 0 Å². The van der Waals surface area contributed by atoms with E-state index in [4.69, 9.17) is 4.74 Å². The van der Waals surface area contributed by atoms with Gasteiger partial charge in [0.1, 0.15) is 0 Å². The Morgan fingerprint density at radius 1 is 1.21 bits per heavy atom. The predicted octanol–water partition coefficient (Wildman–Crippen LogP) is 3.67. The second-order valence-corrected chi connectivity index (χ2v) is 8.51. The van der Waals surface area contributed by atoms with E-state index in [9.17, 15) is 0 Å². The Morgan fingerprint density at radius 2 is 2.04 bits per heavy atom. The number of aryl methyl sites for hydroxylation is 1. The van der Waals surface area contributed by atoms with Crippen LogP contribution in [0.3, 0.4) is 0 Å². The Kier molecular flexibility index (Phi) is 4.61. The third kappa shape index (κ3) is 3.51. The number of pyridine rings is 1. The SMILES string of the molecule is Cc1ccccc1CN1CC2(C[C@@H](OCc3ccccn3)CS2)C1. The van der Waals surface area contributed by atoms with E-state index in [0.29, 0.717) is 17.5 Å². The van der Waals surface area contributed by atoms with Crippen LogP contribution in [0.1, 0.15) is 23.2 Å². The molecule has 1 spiro atoms. The number of likely N-dealkylation sites (tertiary alicyclic amines) is 1. The maximum absolute atomic E-state index is 6.09. The van der Waals surface area contributed by atoms with Crippen LogP contribution in [-0.2, 0) is 17.9 Å². The summed E-state index contributed by atoms with van der Waals surface area (Å²) in [7, 11) is 0. The summed E-state index contributed by atoms with van der Waals surface area (Å²) in [5, 5.41) is 0. The van der Waals surface area contributed by atoms with Gasteiger partial charge in [-0.05, 0) is 36.6 Å². The molecule has 1 atom stereocenters. The highest BCUT2D eigenvalue weighted by molar-refractivity contribution is 8.01. The molecule has 1 aromatic heterocycles. The van der Waals surface area contributed by atoms with Crippen LogP contribution in [0.2, 0.25) is 0 Å². The van der Waals surface area contributed by atoms with Crippen LogP contribution < -0.4 is 0 Å². The lowest BCUT2D eigenvalue weighted by atomic mass is 9.92. The molecular weight excluding hydrogens is 316 g/mol. The number of hydrogen-bond acceptors (Lipinski definition) is 4. The van der Waals surface area contributed by atoms with Crippen LogP contribution in [-0.4, -0.2) is 39.6 Å². The molecule has 0 bridgehead atoms. The van der Waals surface area contributed by atoms with Crippen molar-refractivity contribution in [1.82, 2.24) is 9.88 Å². The average Bonchev–Trinajstić information content (AvgIpc) is 3.00. The molecule has 2 fully saturated rings. The molecule has 2 aromatic rings. The molecule has 0 aliphatic carbocycles. The first-order valence-electron chi connectivity index (χ1n) is 8.65. The maximum Gasteiger partial charge on any atom is 0.0892 e. The van der Waals surface area contributed by atoms with E-state index in [1.807, 2.05) is 24.4 Å². The van der Waals surface area contributed by atoms with Crippen LogP contribution >= 0.6 is 11.8 Å². The number of aromatic nitrogens is 1. The van der Waals surface area contributed by atoms with Crippen LogP contribution in [0.5, 0.6) is 0 Å². The number of thioether (sulfide) groups is 1. The minimum atomic E-state index is 0.373. The summed E-state index contributed by atoms with van der Waals surface area (Å²) in [6.45, 7) is 6.30. The van der Waals surface area contributed by atoms with Gasteiger partial charge < -0.3 is 4.74 Å². The highest BCUT2D eigenvalue weighted by Gasteiger charge is 2.49. The van der Waals surface area contributed by atoms with Gasteiger partial charge in [0.2, 0.25) is 0 Å². The molecule has 0 N–H and O–H groups in total. The maximum atomic E-state index is 6.09. The van der Waals surface area contributed by atoms with Gasteiger partial charge in [0.25, 0.3) is 0 Å². The molecule has 24 heavy (non-hydrogen) atoms. The quantitative estimate of drug-likeness (QED) is 0.829. The smallest absolute Gasteiger partial charge is 0.0892 e. The lowest BCUT2D eigenvalue weighted by Crippen LogP contribution is -2.58.